The number of benzene rings is 1. The molecular weight excluding hydrogens is 320 g/mol. The monoisotopic (exact) mass is 342 g/mol. The first-order valence-electron chi connectivity index (χ1n) is 8.53. The standard InChI is InChI=1S/C20H22O5/c1-11(2)7-12-9-20(3)10-16(23-12)18-15(25-20)8-14-13(19(18)22-4)5-6-17(21)24-14/h5-8,12,16H,9-10H2,1-4H3. The second kappa shape index (κ2) is 5.63. The lowest BCUT2D eigenvalue weighted by molar-refractivity contribution is -0.128. The normalized spacial score (nSPS) is 27.4. The van der Waals surface area contributed by atoms with Gasteiger partial charge in [0.25, 0.3) is 0 Å². The van der Waals surface area contributed by atoms with E-state index in [0.29, 0.717) is 17.1 Å². The third kappa shape index (κ3) is 2.72. The van der Waals surface area contributed by atoms with Crippen LogP contribution in [0.15, 0.2) is 39.1 Å². The second-order valence-corrected chi connectivity index (χ2v) is 7.36. The lowest BCUT2D eigenvalue weighted by Crippen LogP contribution is -2.46. The van der Waals surface area contributed by atoms with Crippen molar-refractivity contribution in [2.75, 3.05) is 7.11 Å². The highest BCUT2D eigenvalue weighted by Gasteiger charge is 2.46. The average molecular weight is 342 g/mol. The summed E-state index contributed by atoms with van der Waals surface area (Å²) in [6.45, 7) is 6.25. The van der Waals surface area contributed by atoms with Gasteiger partial charge in [0, 0.05) is 25.0 Å². The van der Waals surface area contributed by atoms with E-state index in [4.69, 9.17) is 18.6 Å². The summed E-state index contributed by atoms with van der Waals surface area (Å²) >= 11 is 0. The molecule has 0 aliphatic carbocycles. The Kier molecular flexibility index (Phi) is 3.65. The van der Waals surface area contributed by atoms with Gasteiger partial charge >= 0.3 is 5.63 Å². The summed E-state index contributed by atoms with van der Waals surface area (Å²) in [7, 11) is 1.62. The van der Waals surface area contributed by atoms with Crippen molar-refractivity contribution in [3.8, 4) is 11.5 Å². The maximum atomic E-state index is 11.6. The molecule has 5 nitrogen and oxygen atoms in total. The van der Waals surface area contributed by atoms with E-state index in [9.17, 15) is 4.79 Å². The third-order valence-electron chi connectivity index (χ3n) is 4.87. The molecule has 2 aliphatic rings. The van der Waals surface area contributed by atoms with Crippen LogP contribution in [0.2, 0.25) is 0 Å². The maximum Gasteiger partial charge on any atom is 0.336 e. The number of hydrogen-bond donors (Lipinski definition) is 0. The van der Waals surface area contributed by atoms with Crippen LogP contribution in [0, 0.1) is 0 Å². The molecule has 2 aromatic rings. The van der Waals surface area contributed by atoms with Crippen LogP contribution in [0.4, 0.5) is 0 Å². The molecule has 0 amide bonds. The molecular formula is C20H22O5. The number of methoxy groups -OCH3 is 1. The van der Waals surface area contributed by atoms with Crippen LogP contribution in [-0.2, 0) is 4.74 Å². The highest BCUT2D eigenvalue weighted by molar-refractivity contribution is 5.87. The van der Waals surface area contributed by atoms with Gasteiger partial charge < -0.3 is 18.6 Å². The number of hydrogen-bond acceptors (Lipinski definition) is 5. The molecule has 0 N–H and O–H groups in total. The minimum Gasteiger partial charge on any atom is -0.495 e. The quantitative estimate of drug-likeness (QED) is 0.606. The van der Waals surface area contributed by atoms with Gasteiger partial charge in [-0.3, -0.25) is 0 Å². The molecule has 2 aliphatic heterocycles. The molecule has 1 fully saturated rings. The summed E-state index contributed by atoms with van der Waals surface area (Å²) in [5.41, 5.74) is 1.87. The van der Waals surface area contributed by atoms with Crippen LogP contribution >= 0.6 is 0 Å². The van der Waals surface area contributed by atoms with Gasteiger partial charge in [-0.25, -0.2) is 4.79 Å². The largest absolute Gasteiger partial charge is 0.495 e. The van der Waals surface area contributed by atoms with Gasteiger partial charge in [0.1, 0.15) is 22.7 Å². The molecule has 1 saturated heterocycles. The SMILES string of the molecule is COc1c2c(cc3oc(=O)ccc13)OC1(C)CC(C=C(C)C)OC2C1. The molecule has 4 rings (SSSR count). The third-order valence-corrected chi connectivity index (χ3v) is 4.87. The smallest absolute Gasteiger partial charge is 0.336 e. The molecule has 0 spiro atoms. The van der Waals surface area contributed by atoms with E-state index in [1.807, 2.05) is 0 Å². The summed E-state index contributed by atoms with van der Waals surface area (Å²) in [5.74, 6) is 1.33. The first-order valence-corrected chi connectivity index (χ1v) is 8.53. The van der Waals surface area contributed by atoms with Crippen LogP contribution in [0.5, 0.6) is 11.5 Å². The summed E-state index contributed by atoms with van der Waals surface area (Å²) in [4.78, 5) is 11.6. The van der Waals surface area contributed by atoms with Crippen molar-refractivity contribution in [1.82, 2.24) is 0 Å². The molecule has 1 aromatic heterocycles. The van der Waals surface area contributed by atoms with Gasteiger partial charge in [-0.1, -0.05) is 11.6 Å². The van der Waals surface area contributed by atoms with Crippen molar-refractivity contribution in [2.45, 2.75) is 51.4 Å². The van der Waals surface area contributed by atoms with Crippen LogP contribution in [0.25, 0.3) is 11.0 Å². The van der Waals surface area contributed by atoms with Crippen LogP contribution in [0.3, 0.4) is 0 Å². The average Bonchev–Trinajstić information content (AvgIpc) is 2.50. The van der Waals surface area contributed by atoms with Crippen molar-refractivity contribution in [1.29, 1.82) is 0 Å². The highest BCUT2D eigenvalue weighted by Crippen LogP contribution is 2.53. The first kappa shape index (κ1) is 16.2. The Hall–Kier alpha value is -2.27. The topological polar surface area (TPSA) is 57.9 Å². The number of allylic oxidation sites excluding steroid dienone is 1. The maximum absolute atomic E-state index is 11.6. The Balaban J connectivity index is 1.90. The lowest BCUT2D eigenvalue weighted by atomic mass is 9.82. The van der Waals surface area contributed by atoms with Gasteiger partial charge in [-0.05, 0) is 26.8 Å². The van der Waals surface area contributed by atoms with E-state index in [1.54, 1.807) is 19.2 Å². The molecule has 3 atom stereocenters. The Morgan fingerprint density at radius 3 is 2.84 bits per heavy atom. The van der Waals surface area contributed by atoms with E-state index in [0.717, 1.165) is 23.8 Å². The van der Waals surface area contributed by atoms with Gasteiger partial charge in [0.15, 0.2) is 0 Å². The fourth-order valence-corrected chi connectivity index (χ4v) is 3.99. The number of fused-ring (bicyclic) bond motifs is 5. The van der Waals surface area contributed by atoms with E-state index in [-0.39, 0.29) is 17.8 Å². The van der Waals surface area contributed by atoms with Gasteiger partial charge in [0.2, 0.25) is 0 Å². The molecule has 2 bridgehead atoms. The predicted octanol–water partition coefficient (Wildman–Crippen LogP) is 4.14. The fourth-order valence-electron chi connectivity index (χ4n) is 3.99. The summed E-state index contributed by atoms with van der Waals surface area (Å²) in [6.07, 6.45) is 3.59. The van der Waals surface area contributed by atoms with E-state index in [2.05, 4.69) is 26.8 Å². The second-order valence-electron chi connectivity index (χ2n) is 7.36. The first-order chi connectivity index (χ1) is 11.9. The van der Waals surface area contributed by atoms with E-state index < -0.39 is 5.63 Å². The van der Waals surface area contributed by atoms with Crippen LogP contribution in [-0.4, -0.2) is 18.8 Å². The van der Waals surface area contributed by atoms with Crippen molar-refractivity contribution < 1.29 is 18.6 Å². The summed E-state index contributed by atoms with van der Waals surface area (Å²) in [6, 6.07) is 4.91. The van der Waals surface area contributed by atoms with E-state index >= 15 is 0 Å². The zero-order valence-electron chi connectivity index (χ0n) is 14.9. The van der Waals surface area contributed by atoms with E-state index in [1.165, 1.54) is 11.6 Å². The molecule has 0 radical (unpaired) electrons. The molecule has 132 valence electrons. The molecule has 0 saturated carbocycles. The molecule has 25 heavy (non-hydrogen) atoms. The van der Waals surface area contributed by atoms with Crippen molar-refractivity contribution in [3.05, 3.63) is 45.8 Å². The molecule has 5 heteroatoms. The number of rotatable bonds is 2. The zero-order valence-corrected chi connectivity index (χ0v) is 14.9. The summed E-state index contributed by atoms with van der Waals surface area (Å²) in [5, 5.41) is 0.751. The molecule has 3 unspecified atom stereocenters. The van der Waals surface area contributed by atoms with Crippen molar-refractivity contribution in [2.24, 2.45) is 0 Å². The Bertz CT molecular complexity index is 922. The Morgan fingerprint density at radius 2 is 2.12 bits per heavy atom. The lowest BCUT2D eigenvalue weighted by Gasteiger charge is -2.46. The zero-order chi connectivity index (χ0) is 17.8. The summed E-state index contributed by atoms with van der Waals surface area (Å²) < 4.78 is 23.7. The van der Waals surface area contributed by atoms with Crippen molar-refractivity contribution in [3.63, 3.8) is 0 Å². The van der Waals surface area contributed by atoms with Crippen LogP contribution < -0.4 is 15.1 Å². The van der Waals surface area contributed by atoms with Gasteiger partial charge in [-0.2, -0.15) is 0 Å². The van der Waals surface area contributed by atoms with Gasteiger partial charge in [-0.15, -0.1) is 0 Å². The van der Waals surface area contributed by atoms with Gasteiger partial charge in [0.05, 0.1) is 30.3 Å². The minimum absolute atomic E-state index is 0.0102. The Morgan fingerprint density at radius 1 is 1.32 bits per heavy atom. The van der Waals surface area contributed by atoms with Crippen LogP contribution in [0.1, 0.15) is 45.3 Å². The Labute approximate surface area is 146 Å². The van der Waals surface area contributed by atoms with Crippen molar-refractivity contribution >= 4 is 11.0 Å². The predicted molar refractivity (Wildman–Crippen MR) is 94.3 cm³/mol. The highest BCUT2D eigenvalue weighted by atomic mass is 16.5. The fraction of sp³-hybridized carbons (Fsp3) is 0.450. The number of ether oxygens (including phenoxy) is 3. The molecule has 1 aromatic carbocycles. The minimum atomic E-state index is -0.392. The molecule has 3 heterocycles.